The van der Waals surface area contributed by atoms with E-state index in [1.54, 1.807) is 0 Å². The van der Waals surface area contributed by atoms with Crippen LogP contribution >= 0.6 is 11.8 Å². The third-order valence-corrected chi connectivity index (χ3v) is 5.70. The maximum absolute atomic E-state index is 9.47. The minimum atomic E-state index is -0.0129. The van der Waals surface area contributed by atoms with Gasteiger partial charge >= 0.3 is 0 Å². The average Bonchev–Trinajstić information content (AvgIpc) is 2.33. The summed E-state index contributed by atoms with van der Waals surface area (Å²) in [5.41, 5.74) is 0. The molecule has 1 N–H and O–H groups in total. The van der Waals surface area contributed by atoms with Gasteiger partial charge in [-0.2, -0.15) is 11.8 Å². The molecule has 0 spiro atoms. The smallest absolute Gasteiger partial charge is 0.0572 e. The van der Waals surface area contributed by atoms with E-state index in [-0.39, 0.29) is 6.10 Å². The molecule has 2 nitrogen and oxygen atoms in total. The Morgan fingerprint density at radius 1 is 0.875 bits per heavy atom. The highest BCUT2D eigenvalue weighted by atomic mass is 32.2. The Bertz CT molecular complexity index is 194. The summed E-state index contributed by atoms with van der Waals surface area (Å²) in [7, 11) is 1.83. The van der Waals surface area contributed by atoms with Gasteiger partial charge in [-0.3, -0.25) is 0 Å². The van der Waals surface area contributed by atoms with Crippen LogP contribution in [-0.4, -0.2) is 34.9 Å². The van der Waals surface area contributed by atoms with E-state index in [0.29, 0.717) is 6.10 Å². The third-order valence-electron chi connectivity index (χ3n) is 3.98. The van der Waals surface area contributed by atoms with E-state index < -0.39 is 0 Å². The van der Waals surface area contributed by atoms with Gasteiger partial charge in [0.05, 0.1) is 12.2 Å². The van der Waals surface area contributed by atoms with Gasteiger partial charge in [-0.15, -0.1) is 0 Å². The molecule has 0 aromatic carbocycles. The molecule has 94 valence electrons. The van der Waals surface area contributed by atoms with Crippen molar-refractivity contribution in [1.29, 1.82) is 0 Å². The molecule has 0 radical (unpaired) electrons. The molecule has 2 aliphatic carbocycles. The lowest BCUT2D eigenvalue weighted by atomic mass is 9.97. The van der Waals surface area contributed by atoms with Gasteiger partial charge in [-0.25, -0.2) is 0 Å². The van der Waals surface area contributed by atoms with Crippen molar-refractivity contribution in [3.8, 4) is 0 Å². The number of rotatable bonds is 3. The first kappa shape index (κ1) is 12.7. The van der Waals surface area contributed by atoms with E-state index in [9.17, 15) is 5.11 Å². The first-order chi connectivity index (χ1) is 7.78. The predicted octanol–water partition coefficient (Wildman–Crippen LogP) is 2.98. The van der Waals surface area contributed by atoms with Crippen molar-refractivity contribution in [3.63, 3.8) is 0 Å². The van der Waals surface area contributed by atoms with E-state index in [1.165, 1.54) is 38.5 Å². The number of ether oxygens (including phenoxy) is 1. The Morgan fingerprint density at radius 2 is 1.38 bits per heavy atom. The summed E-state index contributed by atoms with van der Waals surface area (Å²) < 4.78 is 5.40. The Hall–Kier alpha value is 0.270. The minimum Gasteiger partial charge on any atom is -0.393 e. The number of aliphatic hydroxyl groups is 1. The second-order valence-electron chi connectivity index (χ2n) is 5.20. The normalized spacial score (nSPS) is 40.9. The van der Waals surface area contributed by atoms with Crippen LogP contribution in [0.1, 0.15) is 51.4 Å². The summed E-state index contributed by atoms with van der Waals surface area (Å²) in [6, 6.07) is 0. The Morgan fingerprint density at radius 3 is 1.88 bits per heavy atom. The van der Waals surface area contributed by atoms with Crippen LogP contribution in [0.2, 0.25) is 0 Å². The highest BCUT2D eigenvalue weighted by Gasteiger charge is 2.26. The highest BCUT2D eigenvalue weighted by molar-refractivity contribution is 8.00. The summed E-state index contributed by atoms with van der Waals surface area (Å²) in [5, 5.41) is 11.1. The maximum Gasteiger partial charge on any atom is 0.0572 e. The van der Waals surface area contributed by atoms with Crippen molar-refractivity contribution in [2.45, 2.75) is 74.1 Å². The Labute approximate surface area is 103 Å². The molecule has 0 heterocycles. The van der Waals surface area contributed by atoms with E-state index >= 15 is 0 Å². The molecule has 2 rings (SSSR count). The lowest BCUT2D eigenvalue weighted by Crippen LogP contribution is -2.26. The van der Waals surface area contributed by atoms with Gasteiger partial charge in [0.1, 0.15) is 0 Å². The van der Waals surface area contributed by atoms with Gasteiger partial charge in [0.15, 0.2) is 0 Å². The lowest BCUT2D eigenvalue weighted by molar-refractivity contribution is 0.0722. The van der Waals surface area contributed by atoms with Gasteiger partial charge in [-0.05, 0) is 51.4 Å². The van der Waals surface area contributed by atoms with Crippen LogP contribution in [0.3, 0.4) is 0 Å². The Balaban J connectivity index is 1.66. The van der Waals surface area contributed by atoms with E-state index in [1.807, 2.05) is 7.11 Å². The molecule has 0 atom stereocenters. The molecule has 3 heteroatoms. The third kappa shape index (κ3) is 3.64. The molecule has 0 unspecified atom stereocenters. The molecule has 0 aromatic heterocycles. The number of aliphatic hydroxyl groups excluding tert-OH is 1. The molecule has 0 aliphatic heterocycles. The molecular weight excluding hydrogens is 220 g/mol. The fraction of sp³-hybridized carbons (Fsp3) is 1.00. The topological polar surface area (TPSA) is 29.5 Å². The number of thioether (sulfide) groups is 1. The molecule has 0 bridgehead atoms. The quantitative estimate of drug-likeness (QED) is 0.827. The van der Waals surface area contributed by atoms with E-state index in [0.717, 1.165) is 23.3 Å². The molecule has 2 fully saturated rings. The van der Waals surface area contributed by atoms with Gasteiger partial charge in [-0.1, -0.05) is 0 Å². The number of hydrogen-bond donors (Lipinski definition) is 1. The van der Waals surface area contributed by atoms with Crippen LogP contribution in [0.4, 0.5) is 0 Å². The summed E-state index contributed by atoms with van der Waals surface area (Å²) in [6.45, 7) is 0. The molecule has 2 aliphatic rings. The second-order valence-corrected chi connectivity index (χ2v) is 6.81. The summed E-state index contributed by atoms with van der Waals surface area (Å²) in [5.74, 6) is 0. The fourth-order valence-electron chi connectivity index (χ4n) is 2.86. The molecule has 0 aromatic rings. The minimum absolute atomic E-state index is 0.0129. The van der Waals surface area contributed by atoms with Crippen molar-refractivity contribution in [2.75, 3.05) is 7.11 Å². The molecule has 2 saturated carbocycles. The van der Waals surface area contributed by atoms with Crippen molar-refractivity contribution < 1.29 is 9.84 Å². The molecule has 0 amide bonds. The molecular formula is C13H24O2S. The van der Waals surface area contributed by atoms with Crippen LogP contribution < -0.4 is 0 Å². The Kier molecular flexibility index (Phi) is 4.98. The van der Waals surface area contributed by atoms with Gasteiger partial charge in [0, 0.05) is 17.6 Å². The van der Waals surface area contributed by atoms with E-state index in [4.69, 9.17) is 4.74 Å². The largest absolute Gasteiger partial charge is 0.393 e. The fourth-order valence-corrected chi connectivity index (χ4v) is 4.49. The average molecular weight is 244 g/mol. The molecule has 16 heavy (non-hydrogen) atoms. The standard InChI is InChI=1S/C13H24O2S/c1-15-11-4-8-13(9-5-11)16-12-6-2-10(14)3-7-12/h10-14H,2-9H2,1H3. The molecule has 0 saturated heterocycles. The zero-order valence-electron chi connectivity index (χ0n) is 10.2. The highest BCUT2D eigenvalue weighted by Crippen LogP contribution is 2.37. The van der Waals surface area contributed by atoms with Crippen LogP contribution in [0.25, 0.3) is 0 Å². The SMILES string of the molecule is COC1CCC(SC2CCC(O)CC2)CC1. The van der Waals surface area contributed by atoms with E-state index in [2.05, 4.69) is 11.8 Å². The van der Waals surface area contributed by atoms with Gasteiger partial charge in [0.2, 0.25) is 0 Å². The summed E-state index contributed by atoms with van der Waals surface area (Å²) in [4.78, 5) is 0. The van der Waals surface area contributed by atoms with Crippen LogP contribution in [0, 0.1) is 0 Å². The predicted molar refractivity (Wildman–Crippen MR) is 68.9 cm³/mol. The summed E-state index contributed by atoms with van der Waals surface area (Å²) in [6.07, 6.45) is 10.1. The second kappa shape index (κ2) is 6.27. The van der Waals surface area contributed by atoms with Crippen molar-refractivity contribution in [1.82, 2.24) is 0 Å². The summed E-state index contributed by atoms with van der Waals surface area (Å²) >= 11 is 2.19. The number of hydrogen-bond acceptors (Lipinski definition) is 3. The number of methoxy groups -OCH3 is 1. The van der Waals surface area contributed by atoms with Crippen molar-refractivity contribution in [3.05, 3.63) is 0 Å². The van der Waals surface area contributed by atoms with Crippen LogP contribution in [-0.2, 0) is 4.74 Å². The van der Waals surface area contributed by atoms with Gasteiger partial charge < -0.3 is 9.84 Å². The van der Waals surface area contributed by atoms with Crippen LogP contribution in [0.15, 0.2) is 0 Å². The van der Waals surface area contributed by atoms with Gasteiger partial charge in [0.25, 0.3) is 0 Å². The monoisotopic (exact) mass is 244 g/mol. The maximum atomic E-state index is 9.47. The van der Waals surface area contributed by atoms with Crippen molar-refractivity contribution >= 4 is 11.8 Å². The first-order valence-electron chi connectivity index (χ1n) is 6.64. The lowest BCUT2D eigenvalue weighted by Gasteiger charge is -2.32. The zero-order chi connectivity index (χ0) is 11.4. The zero-order valence-corrected chi connectivity index (χ0v) is 11.0. The van der Waals surface area contributed by atoms with Crippen molar-refractivity contribution in [2.24, 2.45) is 0 Å². The first-order valence-corrected chi connectivity index (χ1v) is 7.58. The van der Waals surface area contributed by atoms with Crippen LogP contribution in [0.5, 0.6) is 0 Å².